The summed E-state index contributed by atoms with van der Waals surface area (Å²) < 4.78 is 0. The van der Waals surface area contributed by atoms with E-state index in [9.17, 15) is 0 Å². The Morgan fingerprint density at radius 1 is 1.07 bits per heavy atom. The fourth-order valence-electron chi connectivity index (χ4n) is 2.01. The molecule has 0 amide bonds. The fourth-order valence-corrected chi connectivity index (χ4v) is 2.01. The average Bonchev–Trinajstić information content (AvgIpc) is 2.29. The maximum absolute atomic E-state index is 3.33. The highest BCUT2D eigenvalue weighted by atomic mass is 14.1. The minimum atomic E-state index is 0.426. The fraction of sp³-hybridized carbons (Fsp3) is 0.0714. The molecule has 0 nitrogen and oxygen atoms in total. The number of hydrogen-bond donors (Lipinski definition) is 0. The van der Waals surface area contributed by atoms with Gasteiger partial charge < -0.3 is 0 Å². The molecular formula is C14H10. The summed E-state index contributed by atoms with van der Waals surface area (Å²) in [6.45, 7) is 0. The molecule has 0 bridgehead atoms. The number of rotatable bonds is 0. The van der Waals surface area contributed by atoms with Gasteiger partial charge in [0.15, 0.2) is 0 Å². The van der Waals surface area contributed by atoms with Crippen molar-refractivity contribution in [3.05, 3.63) is 65.1 Å². The Morgan fingerprint density at radius 3 is 3.00 bits per heavy atom. The topological polar surface area (TPSA) is 0 Å². The first kappa shape index (κ1) is 7.61. The zero-order chi connectivity index (χ0) is 9.38. The molecular weight excluding hydrogens is 168 g/mol. The lowest BCUT2D eigenvalue weighted by atomic mass is 9.90. The summed E-state index contributed by atoms with van der Waals surface area (Å²) in [4.78, 5) is 0. The first-order chi connectivity index (χ1) is 6.95. The van der Waals surface area contributed by atoms with Crippen molar-refractivity contribution in [2.75, 3.05) is 0 Å². The molecule has 0 spiro atoms. The van der Waals surface area contributed by atoms with Crippen molar-refractivity contribution in [1.29, 1.82) is 0 Å². The Labute approximate surface area is 82.9 Å². The van der Waals surface area contributed by atoms with Crippen LogP contribution in [0.2, 0.25) is 0 Å². The summed E-state index contributed by atoms with van der Waals surface area (Å²) in [5, 5.41) is 2.53. The van der Waals surface area contributed by atoms with E-state index < -0.39 is 0 Å². The van der Waals surface area contributed by atoms with Crippen molar-refractivity contribution in [1.82, 2.24) is 0 Å². The Kier molecular flexibility index (Phi) is 1.56. The molecule has 0 N–H and O–H groups in total. The molecule has 0 radical (unpaired) electrons. The molecule has 1 aromatic rings. The van der Waals surface area contributed by atoms with Gasteiger partial charge in [0, 0.05) is 11.1 Å². The highest BCUT2D eigenvalue weighted by molar-refractivity contribution is 5.68. The van der Waals surface area contributed by atoms with Crippen molar-refractivity contribution in [2.45, 2.75) is 0 Å². The van der Waals surface area contributed by atoms with Gasteiger partial charge in [-0.2, -0.15) is 0 Å². The van der Waals surface area contributed by atoms with Gasteiger partial charge in [0.2, 0.25) is 0 Å². The van der Waals surface area contributed by atoms with Gasteiger partial charge in [-0.1, -0.05) is 42.5 Å². The maximum Gasteiger partial charge on any atom is 0.0283 e. The van der Waals surface area contributed by atoms with Crippen LogP contribution in [0.4, 0.5) is 0 Å². The van der Waals surface area contributed by atoms with Crippen LogP contribution in [0.5, 0.6) is 0 Å². The Morgan fingerprint density at radius 2 is 2.00 bits per heavy atom. The standard InChI is InChI=1S/C14H10/c1-3-7-13-11(5-1)9-10-12-6-2-4-8-14(12)13/h1-9,11H. The third kappa shape index (κ3) is 1.02. The van der Waals surface area contributed by atoms with Gasteiger partial charge in [0.25, 0.3) is 0 Å². The van der Waals surface area contributed by atoms with Crippen LogP contribution in [-0.2, 0) is 0 Å². The first-order valence-electron chi connectivity index (χ1n) is 4.86. The van der Waals surface area contributed by atoms with E-state index in [2.05, 4.69) is 60.4 Å². The smallest absolute Gasteiger partial charge is 0.0283 e. The molecule has 0 heteroatoms. The second kappa shape index (κ2) is 2.87. The molecule has 2 aliphatic rings. The first-order valence-corrected chi connectivity index (χ1v) is 4.86. The third-order valence-corrected chi connectivity index (χ3v) is 2.72. The normalized spacial score (nSPS) is 21.4. The number of hydrogen-bond acceptors (Lipinski definition) is 0. The number of benzene rings is 1. The summed E-state index contributed by atoms with van der Waals surface area (Å²) in [6.07, 6.45) is 10.7. The molecule has 3 rings (SSSR count). The minimum absolute atomic E-state index is 0.426. The van der Waals surface area contributed by atoms with Gasteiger partial charge in [-0.3, -0.25) is 0 Å². The molecule has 1 aromatic carbocycles. The Bertz CT molecular complexity index is 579. The highest BCUT2D eigenvalue weighted by Gasteiger charge is 2.10. The van der Waals surface area contributed by atoms with Crippen LogP contribution in [0.15, 0.2) is 54.6 Å². The molecule has 14 heavy (non-hydrogen) atoms. The van der Waals surface area contributed by atoms with Gasteiger partial charge in [-0.15, -0.1) is 5.73 Å². The lowest BCUT2D eigenvalue weighted by molar-refractivity contribution is 1.08. The summed E-state index contributed by atoms with van der Waals surface area (Å²) in [5.41, 5.74) is 4.72. The van der Waals surface area contributed by atoms with Gasteiger partial charge in [-0.05, 0) is 22.9 Å². The molecule has 0 aliphatic heterocycles. The van der Waals surface area contributed by atoms with Crippen molar-refractivity contribution in [3.8, 4) is 0 Å². The molecule has 66 valence electrons. The minimum Gasteiger partial charge on any atom is -0.116 e. The molecule has 0 aromatic heterocycles. The van der Waals surface area contributed by atoms with Crippen LogP contribution >= 0.6 is 0 Å². The van der Waals surface area contributed by atoms with Crippen LogP contribution in [0.3, 0.4) is 0 Å². The average molecular weight is 178 g/mol. The molecule has 0 saturated carbocycles. The van der Waals surface area contributed by atoms with Gasteiger partial charge >= 0.3 is 0 Å². The van der Waals surface area contributed by atoms with Crippen molar-refractivity contribution >= 4 is 11.3 Å². The summed E-state index contributed by atoms with van der Waals surface area (Å²) in [7, 11) is 0. The molecule has 0 heterocycles. The molecule has 1 unspecified atom stereocenters. The van der Waals surface area contributed by atoms with E-state index in [1.165, 1.54) is 16.0 Å². The van der Waals surface area contributed by atoms with Crippen molar-refractivity contribution in [3.63, 3.8) is 0 Å². The number of allylic oxidation sites excluding steroid dienone is 5. The van der Waals surface area contributed by atoms with E-state index in [4.69, 9.17) is 0 Å². The van der Waals surface area contributed by atoms with E-state index in [0.717, 1.165) is 0 Å². The monoisotopic (exact) mass is 178 g/mol. The van der Waals surface area contributed by atoms with Crippen LogP contribution in [0.25, 0.3) is 11.3 Å². The summed E-state index contributed by atoms with van der Waals surface area (Å²) in [6, 6.07) is 8.42. The van der Waals surface area contributed by atoms with Crippen molar-refractivity contribution in [2.24, 2.45) is 5.92 Å². The second-order valence-electron chi connectivity index (χ2n) is 3.58. The zero-order valence-corrected chi connectivity index (χ0v) is 7.77. The van der Waals surface area contributed by atoms with Crippen LogP contribution < -0.4 is 10.4 Å². The lowest BCUT2D eigenvalue weighted by Crippen LogP contribution is -2.29. The predicted octanol–water partition coefficient (Wildman–Crippen LogP) is 1.53. The lowest BCUT2D eigenvalue weighted by Gasteiger charge is -2.14. The summed E-state index contributed by atoms with van der Waals surface area (Å²) in [5.74, 6) is 0.426. The maximum atomic E-state index is 3.33. The largest absolute Gasteiger partial charge is 0.116 e. The summed E-state index contributed by atoms with van der Waals surface area (Å²) >= 11 is 0. The Hall–Kier alpha value is -1.78. The molecule has 0 saturated heterocycles. The molecule has 2 aliphatic carbocycles. The SMILES string of the molecule is C1=CC2C=CC=CC2=c2ccccc2=1. The number of fused-ring (bicyclic) bond motifs is 2. The van der Waals surface area contributed by atoms with E-state index in [-0.39, 0.29) is 0 Å². The van der Waals surface area contributed by atoms with Crippen LogP contribution in [-0.4, -0.2) is 0 Å². The van der Waals surface area contributed by atoms with Gasteiger partial charge in [0.1, 0.15) is 0 Å². The van der Waals surface area contributed by atoms with E-state index in [1.54, 1.807) is 0 Å². The van der Waals surface area contributed by atoms with E-state index >= 15 is 0 Å². The predicted molar refractivity (Wildman–Crippen MR) is 58.8 cm³/mol. The zero-order valence-electron chi connectivity index (χ0n) is 7.77. The van der Waals surface area contributed by atoms with Crippen molar-refractivity contribution < 1.29 is 0 Å². The molecule has 1 atom stereocenters. The van der Waals surface area contributed by atoms with Gasteiger partial charge in [0.05, 0.1) is 0 Å². The molecule has 0 fully saturated rings. The highest BCUT2D eigenvalue weighted by Crippen LogP contribution is 2.20. The Balaban J connectivity index is 2.48. The van der Waals surface area contributed by atoms with Crippen LogP contribution in [0.1, 0.15) is 0 Å². The van der Waals surface area contributed by atoms with E-state index in [1.807, 2.05) is 0 Å². The quantitative estimate of drug-likeness (QED) is 0.565. The van der Waals surface area contributed by atoms with E-state index in [0.29, 0.717) is 5.92 Å². The van der Waals surface area contributed by atoms with Crippen LogP contribution in [0, 0.1) is 5.92 Å². The second-order valence-corrected chi connectivity index (χ2v) is 3.58. The van der Waals surface area contributed by atoms with Gasteiger partial charge in [-0.25, -0.2) is 0 Å². The third-order valence-electron chi connectivity index (χ3n) is 2.72.